The van der Waals surface area contributed by atoms with Crippen LogP contribution in [0, 0.1) is 11.8 Å². The van der Waals surface area contributed by atoms with E-state index in [1.54, 1.807) is 30.3 Å². The lowest BCUT2D eigenvalue weighted by Gasteiger charge is -2.38. The van der Waals surface area contributed by atoms with Crippen LogP contribution >= 0.6 is 11.6 Å². The Morgan fingerprint density at radius 2 is 1.94 bits per heavy atom. The lowest BCUT2D eigenvalue weighted by atomic mass is 9.92. The van der Waals surface area contributed by atoms with Gasteiger partial charge in [-0.15, -0.1) is 5.10 Å². The van der Waals surface area contributed by atoms with Gasteiger partial charge in [0.05, 0.1) is 7.11 Å². The van der Waals surface area contributed by atoms with Gasteiger partial charge in [-0.3, -0.25) is 0 Å². The number of anilines is 2. The molecule has 1 aliphatic heterocycles. The van der Waals surface area contributed by atoms with Crippen LogP contribution < -0.4 is 19.7 Å². The molecule has 1 aromatic carbocycles. The molecule has 2 bridgehead atoms. The Kier molecular flexibility index (Phi) is 5.27. The fourth-order valence-corrected chi connectivity index (χ4v) is 4.75. The van der Waals surface area contributed by atoms with E-state index in [9.17, 15) is 0 Å². The molecule has 5 rings (SSSR count). The number of rotatable bonds is 6. The van der Waals surface area contributed by atoms with Crippen LogP contribution in [-0.4, -0.2) is 51.0 Å². The van der Waals surface area contributed by atoms with E-state index in [0.29, 0.717) is 46.5 Å². The molecule has 2 aromatic heterocycles. The quantitative estimate of drug-likeness (QED) is 0.622. The molecular weight excluding hydrogens is 418 g/mol. The number of hydrogen-bond acceptors (Lipinski definition) is 8. The van der Waals surface area contributed by atoms with Gasteiger partial charge in [-0.2, -0.15) is 4.98 Å². The minimum Gasteiger partial charge on any atom is -0.481 e. The predicted molar refractivity (Wildman–Crippen MR) is 117 cm³/mol. The van der Waals surface area contributed by atoms with E-state index in [2.05, 4.69) is 30.3 Å². The van der Waals surface area contributed by atoms with Crippen LogP contribution in [0.3, 0.4) is 0 Å². The van der Waals surface area contributed by atoms with Crippen LogP contribution in [0.2, 0.25) is 5.02 Å². The van der Waals surface area contributed by atoms with E-state index < -0.39 is 0 Å². The van der Waals surface area contributed by atoms with Gasteiger partial charge in [0.25, 0.3) is 0 Å². The van der Waals surface area contributed by atoms with Crippen molar-refractivity contribution in [3.63, 3.8) is 0 Å². The Hall–Kier alpha value is -3.07. The summed E-state index contributed by atoms with van der Waals surface area (Å²) in [5, 5.41) is 8.68. The summed E-state index contributed by atoms with van der Waals surface area (Å²) in [5.41, 5.74) is 0. The van der Waals surface area contributed by atoms with Crippen molar-refractivity contribution >= 4 is 23.4 Å². The van der Waals surface area contributed by atoms with Crippen molar-refractivity contribution < 1.29 is 9.47 Å². The van der Waals surface area contributed by atoms with E-state index >= 15 is 0 Å². The van der Waals surface area contributed by atoms with Gasteiger partial charge in [0, 0.05) is 37.3 Å². The Morgan fingerprint density at radius 1 is 1.13 bits per heavy atom. The summed E-state index contributed by atoms with van der Waals surface area (Å²) >= 11 is 6.04. The number of aryl methyl sites for hydroxylation is 1. The molecule has 0 amide bonds. The third kappa shape index (κ3) is 4.10. The van der Waals surface area contributed by atoms with Crippen LogP contribution in [0.4, 0.5) is 11.8 Å². The molecule has 10 heteroatoms. The summed E-state index contributed by atoms with van der Waals surface area (Å²) in [6.45, 7) is 1.85. The zero-order chi connectivity index (χ0) is 21.4. The standard InChI is InChI=1S/C21H24ClN7O2/c1-28-21(31-16-5-3-4-15(22)8-16)26-20(27-28)25-19-13-6-7-14(19)11-29(10-13)17-9-18(30-2)24-12-23-17/h3-5,8-9,12-14,19H,6-7,10-11H2,1-2H3,(H,25,27). The largest absolute Gasteiger partial charge is 0.481 e. The van der Waals surface area contributed by atoms with Crippen molar-refractivity contribution in [3.05, 3.63) is 41.7 Å². The normalized spacial score (nSPS) is 22.4. The summed E-state index contributed by atoms with van der Waals surface area (Å²) in [6, 6.07) is 9.87. The minimum absolute atomic E-state index is 0.321. The van der Waals surface area contributed by atoms with E-state index in [0.717, 1.165) is 18.9 Å². The first-order chi connectivity index (χ1) is 15.1. The second-order valence-corrected chi connectivity index (χ2v) is 8.43. The number of halogens is 1. The maximum Gasteiger partial charge on any atom is 0.321 e. The number of methoxy groups -OCH3 is 1. The monoisotopic (exact) mass is 441 g/mol. The SMILES string of the molecule is COc1cc(N2CC3CCC(C2)C3Nc2nc(Oc3cccc(Cl)c3)n(C)n2)ncn1. The molecule has 31 heavy (non-hydrogen) atoms. The summed E-state index contributed by atoms with van der Waals surface area (Å²) in [4.78, 5) is 15.4. The number of hydrogen-bond donors (Lipinski definition) is 1. The molecule has 1 N–H and O–H groups in total. The predicted octanol–water partition coefficient (Wildman–Crippen LogP) is 3.39. The molecule has 0 spiro atoms. The van der Waals surface area contributed by atoms with Gasteiger partial charge in [-0.05, 0) is 42.9 Å². The minimum atomic E-state index is 0.321. The Morgan fingerprint density at radius 3 is 2.68 bits per heavy atom. The van der Waals surface area contributed by atoms with Crippen LogP contribution in [0.5, 0.6) is 17.6 Å². The van der Waals surface area contributed by atoms with Gasteiger partial charge in [-0.1, -0.05) is 17.7 Å². The topological polar surface area (TPSA) is 90.2 Å². The molecule has 2 fully saturated rings. The van der Waals surface area contributed by atoms with Crippen LogP contribution in [0.1, 0.15) is 12.8 Å². The van der Waals surface area contributed by atoms with Crippen molar-refractivity contribution in [2.75, 3.05) is 30.4 Å². The molecule has 0 radical (unpaired) electrons. The molecule has 2 aliphatic rings. The molecule has 3 heterocycles. The second kappa shape index (κ2) is 8.22. The maximum absolute atomic E-state index is 6.04. The zero-order valence-corrected chi connectivity index (χ0v) is 18.2. The summed E-state index contributed by atoms with van der Waals surface area (Å²) in [7, 11) is 3.44. The van der Waals surface area contributed by atoms with Crippen LogP contribution in [0.15, 0.2) is 36.7 Å². The highest BCUT2D eigenvalue weighted by molar-refractivity contribution is 6.30. The van der Waals surface area contributed by atoms with Gasteiger partial charge in [-0.25, -0.2) is 14.6 Å². The van der Waals surface area contributed by atoms with Crippen molar-refractivity contribution in [2.24, 2.45) is 18.9 Å². The first-order valence-corrected chi connectivity index (χ1v) is 10.7. The van der Waals surface area contributed by atoms with E-state index in [1.165, 1.54) is 12.8 Å². The van der Waals surface area contributed by atoms with Crippen LogP contribution in [0.25, 0.3) is 0 Å². The number of ether oxygens (including phenoxy) is 2. The Labute approximate surface area is 185 Å². The van der Waals surface area contributed by atoms with E-state index in [4.69, 9.17) is 21.1 Å². The van der Waals surface area contributed by atoms with Crippen molar-refractivity contribution in [2.45, 2.75) is 18.9 Å². The summed E-state index contributed by atoms with van der Waals surface area (Å²) in [6.07, 6.45) is 3.89. The third-order valence-electron chi connectivity index (χ3n) is 6.02. The van der Waals surface area contributed by atoms with Gasteiger partial charge in [0.15, 0.2) is 0 Å². The number of benzene rings is 1. The molecule has 162 valence electrons. The number of nitrogens with zero attached hydrogens (tertiary/aromatic N) is 6. The third-order valence-corrected chi connectivity index (χ3v) is 6.25. The second-order valence-electron chi connectivity index (χ2n) is 7.99. The fourth-order valence-electron chi connectivity index (χ4n) is 4.56. The van der Waals surface area contributed by atoms with Crippen LogP contribution in [-0.2, 0) is 7.05 Å². The molecule has 1 saturated carbocycles. The average Bonchev–Trinajstić information content (AvgIpc) is 3.21. The van der Waals surface area contributed by atoms with Gasteiger partial charge >= 0.3 is 6.01 Å². The van der Waals surface area contributed by atoms with Gasteiger partial charge in [0.2, 0.25) is 11.8 Å². The highest BCUT2D eigenvalue weighted by atomic mass is 35.5. The molecule has 2 unspecified atom stereocenters. The van der Waals surface area contributed by atoms with Gasteiger partial charge in [0.1, 0.15) is 17.9 Å². The molecule has 1 saturated heterocycles. The highest BCUT2D eigenvalue weighted by Gasteiger charge is 2.43. The van der Waals surface area contributed by atoms with Gasteiger partial charge < -0.3 is 19.7 Å². The van der Waals surface area contributed by atoms with E-state index in [1.807, 2.05) is 25.2 Å². The molecule has 1 aliphatic carbocycles. The lowest BCUT2D eigenvalue weighted by Crippen LogP contribution is -2.48. The zero-order valence-electron chi connectivity index (χ0n) is 17.4. The van der Waals surface area contributed by atoms with E-state index in [-0.39, 0.29) is 0 Å². The molecule has 9 nitrogen and oxygen atoms in total. The number of nitrogens with one attached hydrogen (secondary N) is 1. The fraction of sp³-hybridized carbons (Fsp3) is 0.429. The molecule has 2 atom stereocenters. The van der Waals surface area contributed by atoms with Crippen molar-refractivity contribution in [3.8, 4) is 17.6 Å². The first kappa shape index (κ1) is 19.9. The number of aromatic nitrogens is 5. The smallest absolute Gasteiger partial charge is 0.321 e. The number of fused-ring (bicyclic) bond motifs is 2. The Bertz CT molecular complexity index is 1060. The summed E-state index contributed by atoms with van der Waals surface area (Å²) in [5.74, 6) is 3.68. The lowest BCUT2D eigenvalue weighted by molar-refractivity contribution is 0.372. The summed E-state index contributed by atoms with van der Waals surface area (Å²) < 4.78 is 12.7. The van der Waals surface area contributed by atoms with Crippen molar-refractivity contribution in [1.82, 2.24) is 24.7 Å². The molecular formula is C21H24ClN7O2. The molecule has 3 aromatic rings. The van der Waals surface area contributed by atoms with Crippen molar-refractivity contribution in [1.29, 1.82) is 0 Å². The highest BCUT2D eigenvalue weighted by Crippen LogP contribution is 2.40. The Balaban J connectivity index is 1.27. The number of piperidine rings is 1. The average molecular weight is 442 g/mol. The maximum atomic E-state index is 6.04. The first-order valence-electron chi connectivity index (χ1n) is 10.3.